The lowest BCUT2D eigenvalue weighted by molar-refractivity contribution is 0.222. The molecule has 3 N–H and O–H groups in total. The highest BCUT2D eigenvalue weighted by atomic mass is 16.2. The fraction of sp³-hybridized carbons (Fsp3) is 0.667. The second-order valence-electron chi connectivity index (χ2n) is 9.08. The van der Waals surface area contributed by atoms with Gasteiger partial charge in [0.15, 0.2) is 5.96 Å². The zero-order valence-electron chi connectivity index (χ0n) is 18.9. The van der Waals surface area contributed by atoms with Crippen LogP contribution in [0.15, 0.2) is 29.3 Å². The number of nitrogens with one attached hydrogen (secondary N) is 3. The summed E-state index contributed by atoms with van der Waals surface area (Å²) in [6.45, 7) is 7.55. The van der Waals surface area contributed by atoms with Gasteiger partial charge in [0.2, 0.25) is 0 Å². The monoisotopic (exact) mass is 426 g/mol. The van der Waals surface area contributed by atoms with Gasteiger partial charge in [-0.1, -0.05) is 25.0 Å². The first kappa shape index (κ1) is 21.9. The quantitative estimate of drug-likeness (QED) is 0.482. The van der Waals surface area contributed by atoms with Crippen LogP contribution in [0.1, 0.15) is 57.4 Å². The molecule has 7 nitrogen and oxygen atoms in total. The Labute approximate surface area is 186 Å². The summed E-state index contributed by atoms with van der Waals surface area (Å²) in [5, 5.41) is 10.1. The van der Waals surface area contributed by atoms with Gasteiger partial charge in [-0.25, -0.2) is 9.79 Å². The van der Waals surface area contributed by atoms with E-state index < -0.39 is 0 Å². The van der Waals surface area contributed by atoms with Crippen molar-refractivity contribution >= 4 is 17.7 Å². The minimum Gasteiger partial charge on any atom is -0.357 e. The van der Waals surface area contributed by atoms with E-state index in [4.69, 9.17) is 4.99 Å². The van der Waals surface area contributed by atoms with E-state index in [1.165, 1.54) is 38.6 Å². The van der Waals surface area contributed by atoms with Crippen LogP contribution in [-0.2, 0) is 6.54 Å². The average Bonchev–Trinajstić information content (AvgIpc) is 3.55. The molecule has 1 aromatic rings. The third-order valence-corrected chi connectivity index (χ3v) is 6.74. The number of benzene rings is 1. The molecule has 3 fully saturated rings. The lowest BCUT2D eigenvalue weighted by atomic mass is 10.2. The molecule has 0 radical (unpaired) electrons. The molecule has 0 bridgehead atoms. The Morgan fingerprint density at radius 3 is 2.68 bits per heavy atom. The largest absolute Gasteiger partial charge is 0.357 e. The highest BCUT2D eigenvalue weighted by molar-refractivity contribution is 5.89. The molecule has 0 spiro atoms. The predicted octanol–water partition coefficient (Wildman–Crippen LogP) is 3.39. The fourth-order valence-electron chi connectivity index (χ4n) is 5.06. The summed E-state index contributed by atoms with van der Waals surface area (Å²) in [5.74, 6) is 0.882. The van der Waals surface area contributed by atoms with Crippen molar-refractivity contribution in [1.29, 1.82) is 0 Å². The van der Waals surface area contributed by atoms with E-state index in [0.29, 0.717) is 12.6 Å². The predicted molar refractivity (Wildman–Crippen MR) is 126 cm³/mol. The summed E-state index contributed by atoms with van der Waals surface area (Å²) in [6, 6.07) is 9.28. The van der Waals surface area contributed by atoms with Gasteiger partial charge in [-0.05, 0) is 56.7 Å². The molecule has 7 heteroatoms. The van der Waals surface area contributed by atoms with Crippen LogP contribution in [0.25, 0.3) is 0 Å². The van der Waals surface area contributed by atoms with E-state index in [9.17, 15) is 4.79 Å². The van der Waals surface area contributed by atoms with Gasteiger partial charge in [0, 0.05) is 50.5 Å². The standard InChI is InChI=1S/C24H38N6O/c1-2-25-23(27-21-12-15-30(18-21)22-10-3-4-11-22)26-17-19-8-7-9-20(16-19)28-24(31)29-13-5-6-14-29/h7-9,16,21-22H,2-6,10-15,17-18H2,1H3,(H,28,31)(H2,25,26,27). The molecule has 3 aliphatic rings. The van der Waals surface area contributed by atoms with Gasteiger partial charge in [-0.15, -0.1) is 0 Å². The highest BCUT2D eigenvalue weighted by Crippen LogP contribution is 2.26. The van der Waals surface area contributed by atoms with Gasteiger partial charge < -0.3 is 20.9 Å². The second kappa shape index (κ2) is 10.8. The average molecular weight is 427 g/mol. The van der Waals surface area contributed by atoms with E-state index in [0.717, 1.165) is 62.3 Å². The van der Waals surface area contributed by atoms with E-state index in [2.05, 4.69) is 33.8 Å². The number of anilines is 1. The van der Waals surface area contributed by atoms with Crippen LogP contribution in [0.3, 0.4) is 0 Å². The maximum atomic E-state index is 12.4. The van der Waals surface area contributed by atoms with Gasteiger partial charge >= 0.3 is 6.03 Å². The molecule has 2 saturated heterocycles. The number of hydrogen-bond donors (Lipinski definition) is 3. The zero-order chi connectivity index (χ0) is 21.5. The smallest absolute Gasteiger partial charge is 0.321 e. The third-order valence-electron chi connectivity index (χ3n) is 6.74. The van der Waals surface area contributed by atoms with Crippen LogP contribution in [-0.4, -0.2) is 66.6 Å². The van der Waals surface area contributed by atoms with Gasteiger partial charge in [0.25, 0.3) is 0 Å². The van der Waals surface area contributed by atoms with Crippen molar-refractivity contribution in [2.24, 2.45) is 4.99 Å². The van der Waals surface area contributed by atoms with Crippen LogP contribution in [0.4, 0.5) is 10.5 Å². The number of rotatable bonds is 6. The summed E-state index contributed by atoms with van der Waals surface area (Å²) in [6.07, 6.45) is 8.89. The molecular weight excluding hydrogens is 388 g/mol. The number of likely N-dealkylation sites (tertiary alicyclic amines) is 2. The Bertz CT molecular complexity index is 754. The molecule has 170 valence electrons. The van der Waals surface area contributed by atoms with Crippen LogP contribution in [0, 0.1) is 0 Å². The first-order chi connectivity index (χ1) is 15.2. The van der Waals surface area contributed by atoms with Crippen LogP contribution >= 0.6 is 0 Å². The third kappa shape index (κ3) is 6.12. The summed E-state index contributed by atoms with van der Waals surface area (Å²) in [7, 11) is 0. The lowest BCUT2D eigenvalue weighted by Gasteiger charge is -2.24. The number of amides is 2. The molecule has 1 unspecified atom stereocenters. The van der Waals surface area contributed by atoms with Gasteiger partial charge in [0.1, 0.15) is 0 Å². The highest BCUT2D eigenvalue weighted by Gasteiger charge is 2.30. The molecule has 1 aromatic carbocycles. The molecule has 31 heavy (non-hydrogen) atoms. The number of aliphatic imine (C=N–C) groups is 1. The normalized spacial score (nSPS) is 22.8. The maximum Gasteiger partial charge on any atom is 0.321 e. The van der Waals surface area contributed by atoms with Crippen molar-refractivity contribution in [3.8, 4) is 0 Å². The Morgan fingerprint density at radius 1 is 1.10 bits per heavy atom. The number of guanidine groups is 1. The van der Waals surface area contributed by atoms with Crippen molar-refractivity contribution in [3.05, 3.63) is 29.8 Å². The lowest BCUT2D eigenvalue weighted by Crippen LogP contribution is -2.45. The summed E-state index contributed by atoms with van der Waals surface area (Å²) >= 11 is 0. The number of carbonyl (C=O) groups is 1. The van der Waals surface area contributed by atoms with Crippen molar-refractivity contribution in [2.45, 2.75) is 70.5 Å². The first-order valence-electron chi connectivity index (χ1n) is 12.1. The molecule has 4 rings (SSSR count). The van der Waals surface area contributed by atoms with Crippen LogP contribution in [0.2, 0.25) is 0 Å². The Balaban J connectivity index is 1.31. The van der Waals surface area contributed by atoms with Crippen molar-refractivity contribution in [2.75, 3.05) is 38.0 Å². The fourth-order valence-corrected chi connectivity index (χ4v) is 5.06. The summed E-state index contributed by atoms with van der Waals surface area (Å²) < 4.78 is 0. The van der Waals surface area contributed by atoms with E-state index in [-0.39, 0.29) is 6.03 Å². The Morgan fingerprint density at radius 2 is 1.90 bits per heavy atom. The number of carbonyl (C=O) groups excluding carboxylic acids is 1. The van der Waals surface area contributed by atoms with E-state index in [1.807, 2.05) is 23.1 Å². The van der Waals surface area contributed by atoms with Gasteiger partial charge in [-0.3, -0.25) is 4.90 Å². The first-order valence-corrected chi connectivity index (χ1v) is 12.1. The molecular formula is C24H38N6O. The number of nitrogens with zero attached hydrogens (tertiary/aromatic N) is 3. The number of hydrogen-bond acceptors (Lipinski definition) is 3. The van der Waals surface area contributed by atoms with E-state index in [1.54, 1.807) is 0 Å². The van der Waals surface area contributed by atoms with Crippen LogP contribution in [0.5, 0.6) is 0 Å². The molecule has 1 saturated carbocycles. The zero-order valence-corrected chi connectivity index (χ0v) is 18.9. The molecule has 2 amide bonds. The number of urea groups is 1. The van der Waals surface area contributed by atoms with Crippen molar-refractivity contribution in [1.82, 2.24) is 20.4 Å². The molecule has 0 aromatic heterocycles. The van der Waals surface area contributed by atoms with Crippen molar-refractivity contribution in [3.63, 3.8) is 0 Å². The molecule has 2 aliphatic heterocycles. The Hall–Kier alpha value is -2.28. The summed E-state index contributed by atoms with van der Waals surface area (Å²) in [4.78, 5) is 21.7. The topological polar surface area (TPSA) is 72.0 Å². The second-order valence-corrected chi connectivity index (χ2v) is 9.08. The van der Waals surface area contributed by atoms with E-state index >= 15 is 0 Å². The maximum absolute atomic E-state index is 12.4. The molecule has 1 aliphatic carbocycles. The van der Waals surface area contributed by atoms with Gasteiger partial charge in [0.05, 0.1) is 6.54 Å². The van der Waals surface area contributed by atoms with Crippen molar-refractivity contribution < 1.29 is 4.79 Å². The minimum atomic E-state index is 0.00112. The minimum absolute atomic E-state index is 0.00112. The molecule has 2 heterocycles. The Kier molecular flexibility index (Phi) is 7.67. The SMILES string of the molecule is CCNC(=NCc1cccc(NC(=O)N2CCCC2)c1)NC1CCN(C2CCCC2)C1. The molecule has 1 atom stereocenters. The van der Waals surface area contributed by atoms with Gasteiger partial charge in [-0.2, -0.15) is 0 Å². The van der Waals surface area contributed by atoms with Crippen LogP contribution < -0.4 is 16.0 Å². The summed E-state index contributed by atoms with van der Waals surface area (Å²) in [5.41, 5.74) is 1.93.